The van der Waals surface area contributed by atoms with Crippen LogP contribution in [0.3, 0.4) is 0 Å². The number of hydrogen-bond donors (Lipinski definition) is 1. The van der Waals surface area contributed by atoms with Crippen LogP contribution in [0.1, 0.15) is 35.7 Å². The molecule has 0 bridgehead atoms. The summed E-state index contributed by atoms with van der Waals surface area (Å²) in [6.45, 7) is 5.05. The molecule has 0 unspecified atom stereocenters. The number of nitrogens with one attached hydrogen (secondary N) is 1. The molecule has 136 valence electrons. The number of benzene rings is 2. The fourth-order valence-corrected chi connectivity index (χ4v) is 3.00. The third-order valence-electron chi connectivity index (χ3n) is 4.47. The van der Waals surface area contributed by atoms with Crippen molar-refractivity contribution in [3.05, 3.63) is 59.7 Å². The molecule has 5 heteroatoms. The number of aryl methyl sites for hydroxylation is 1. The highest BCUT2D eigenvalue weighted by atomic mass is 16.5. The zero-order valence-electron chi connectivity index (χ0n) is 15.2. The van der Waals surface area contributed by atoms with Gasteiger partial charge in [-0.3, -0.25) is 9.59 Å². The van der Waals surface area contributed by atoms with Crippen molar-refractivity contribution < 1.29 is 14.3 Å². The average Bonchev–Trinajstić information content (AvgIpc) is 3.07. The summed E-state index contributed by atoms with van der Waals surface area (Å²) in [4.78, 5) is 25.9. The van der Waals surface area contributed by atoms with Gasteiger partial charge in [-0.1, -0.05) is 18.2 Å². The first-order chi connectivity index (χ1) is 12.5. The van der Waals surface area contributed by atoms with Gasteiger partial charge in [0.2, 0.25) is 5.91 Å². The van der Waals surface area contributed by atoms with Crippen LogP contribution >= 0.6 is 0 Å². The van der Waals surface area contributed by atoms with Gasteiger partial charge in [-0.25, -0.2) is 0 Å². The minimum Gasteiger partial charge on any atom is -0.491 e. The first-order valence-electron chi connectivity index (χ1n) is 8.94. The van der Waals surface area contributed by atoms with Crippen LogP contribution in [0.25, 0.3) is 0 Å². The largest absolute Gasteiger partial charge is 0.491 e. The topological polar surface area (TPSA) is 58.6 Å². The Morgan fingerprint density at radius 1 is 1.19 bits per heavy atom. The van der Waals surface area contributed by atoms with Gasteiger partial charge in [-0.05, 0) is 56.2 Å². The van der Waals surface area contributed by atoms with E-state index >= 15 is 0 Å². The minimum atomic E-state index is -0.148. The second kappa shape index (κ2) is 8.04. The summed E-state index contributed by atoms with van der Waals surface area (Å²) in [7, 11) is 0. The molecule has 26 heavy (non-hydrogen) atoms. The molecule has 5 nitrogen and oxygen atoms in total. The van der Waals surface area contributed by atoms with Crippen LogP contribution in [0.15, 0.2) is 48.5 Å². The number of amides is 2. The summed E-state index contributed by atoms with van der Waals surface area (Å²) >= 11 is 0. The van der Waals surface area contributed by atoms with Gasteiger partial charge < -0.3 is 15.0 Å². The van der Waals surface area contributed by atoms with E-state index in [0.717, 1.165) is 30.0 Å². The lowest BCUT2D eigenvalue weighted by Gasteiger charge is -2.17. The van der Waals surface area contributed by atoms with Crippen molar-refractivity contribution in [1.29, 1.82) is 0 Å². The third-order valence-corrected chi connectivity index (χ3v) is 4.47. The van der Waals surface area contributed by atoms with Gasteiger partial charge in [0.05, 0.1) is 6.04 Å². The third kappa shape index (κ3) is 4.23. The predicted molar refractivity (Wildman–Crippen MR) is 102 cm³/mol. The molecule has 1 atom stereocenters. The van der Waals surface area contributed by atoms with Crippen LogP contribution in [0.5, 0.6) is 5.75 Å². The van der Waals surface area contributed by atoms with E-state index in [1.165, 1.54) is 0 Å². The standard InChI is InChI=1S/C21H24N2O3/c1-15-6-3-4-7-19(15)26-14-16(2)22-21(25)17-9-11-18(12-10-17)23-13-5-8-20(23)24/h3-4,6-7,9-12,16H,5,8,13-14H2,1-2H3,(H,22,25)/t16-/m1/s1. The molecule has 2 aromatic rings. The number of carbonyl (C=O) groups excluding carboxylic acids is 2. The van der Waals surface area contributed by atoms with Gasteiger partial charge in [0.1, 0.15) is 12.4 Å². The van der Waals surface area contributed by atoms with Crippen molar-refractivity contribution >= 4 is 17.5 Å². The molecule has 2 amide bonds. The molecule has 1 heterocycles. The molecule has 1 saturated heterocycles. The van der Waals surface area contributed by atoms with Crippen LogP contribution in [0, 0.1) is 6.92 Å². The Balaban J connectivity index is 1.54. The fourth-order valence-electron chi connectivity index (χ4n) is 3.00. The average molecular weight is 352 g/mol. The van der Waals surface area contributed by atoms with Gasteiger partial charge in [0, 0.05) is 24.2 Å². The highest BCUT2D eigenvalue weighted by molar-refractivity contribution is 5.97. The molecule has 0 radical (unpaired) electrons. The maximum atomic E-state index is 12.4. The molecule has 0 saturated carbocycles. The highest BCUT2D eigenvalue weighted by Gasteiger charge is 2.21. The van der Waals surface area contributed by atoms with E-state index in [0.29, 0.717) is 18.6 Å². The smallest absolute Gasteiger partial charge is 0.251 e. The van der Waals surface area contributed by atoms with Gasteiger partial charge in [0.25, 0.3) is 5.91 Å². The monoisotopic (exact) mass is 352 g/mol. The summed E-state index contributed by atoms with van der Waals surface area (Å²) in [5.74, 6) is 0.822. The summed E-state index contributed by atoms with van der Waals surface area (Å²) in [5.41, 5.74) is 2.49. The molecule has 0 aliphatic carbocycles. The first kappa shape index (κ1) is 18.0. The number of hydrogen-bond acceptors (Lipinski definition) is 3. The Morgan fingerprint density at radius 3 is 2.58 bits per heavy atom. The number of carbonyl (C=O) groups is 2. The molecule has 0 spiro atoms. The van der Waals surface area contributed by atoms with E-state index in [-0.39, 0.29) is 17.9 Å². The summed E-state index contributed by atoms with van der Waals surface area (Å²) in [6.07, 6.45) is 1.49. The molecule has 0 aromatic heterocycles. The molecule has 1 fully saturated rings. The lowest BCUT2D eigenvalue weighted by atomic mass is 10.1. The van der Waals surface area contributed by atoms with Gasteiger partial charge in [0.15, 0.2) is 0 Å². The van der Waals surface area contributed by atoms with Crippen LogP contribution in [0.4, 0.5) is 5.69 Å². The predicted octanol–water partition coefficient (Wildman–Crippen LogP) is 3.32. The second-order valence-corrected chi connectivity index (χ2v) is 6.65. The normalized spacial score (nSPS) is 15.0. The minimum absolute atomic E-state index is 0.123. The summed E-state index contributed by atoms with van der Waals surface area (Å²) < 4.78 is 5.77. The zero-order valence-corrected chi connectivity index (χ0v) is 15.2. The van der Waals surface area contributed by atoms with Crippen LogP contribution in [-0.2, 0) is 4.79 Å². The van der Waals surface area contributed by atoms with Crippen molar-refractivity contribution in [2.24, 2.45) is 0 Å². The number of rotatable bonds is 6. The van der Waals surface area contributed by atoms with Crippen molar-refractivity contribution in [3.8, 4) is 5.75 Å². The maximum absolute atomic E-state index is 12.4. The fraction of sp³-hybridized carbons (Fsp3) is 0.333. The Labute approximate surface area is 154 Å². The number of anilines is 1. The van der Waals surface area contributed by atoms with E-state index in [2.05, 4.69) is 5.32 Å². The highest BCUT2D eigenvalue weighted by Crippen LogP contribution is 2.21. The van der Waals surface area contributed by atoms with Gasteiger partial charge in [-0.15, -0.1) is 0 Å². The zero-order chi connectivity index (χ0) is 18.5. The Morgan fingerprint density at radius 2 is 1.92 bits per heavy atom. The van der Waals surface area contributed by atoms with E-state index < -0.39 is 0 Å². The van der Waals surface area contributed by atoms with E-state index in [9.17, 15) is 9.59 Å². The van der Waals surface area contributed by atoms with Crippen molar-refractivity contribution in [2.45, 2.75) is 32.7 Å². The SMILES string of the molecule is Cc1ccccc1OC[C@@H](C)NC(=O)c1ccc(N2CCCC2=O)cc1. The Hall–Kier alpha value is -2.82. The molecule has 2 aromatic carbocycles. The first-order valence-corrected chi connectivity index (χ1v) is 8.94. The lowest BCUT2D eigenvalue weighted by Crippen LogP contribution is -2.36. The number of para-hydroxylation sites is 1. The van der Waals surface area contributed by atoms with E-state index in [1.54, 1.807) is 17.0 Å². The number of ether oxygens (including phenoxy) is 1. The van der Waals surface area contributed by atoms with Crippen LogP contribution < -0.4 is 15.0 Å². The molecule has 1 aliphatic rings. The molecular formula is C21H24N2O3. The lowest BCUT2D eigenvalue weighted by molar-refractivity contribution is -0.117. The van der Waals surface area contributed by atoms with E-state index in [1.807, 2.05) is 50.2 Å². The maximum Gasteiger partial charge on any atom is 0.251 e. The van der Waals surface area contributed by atoms with Gasteiger partial charge >= 0.3 is 0 Å². The van der Waals surface area contributed by atoms with E-state index in [4.69, 9.17) is 4.74 Å². The second-order valence-electron chi connectivity index (χ2n) is 6.65. The molecule has 1 N–H and O–H groups in total. The quantitative estimate of drug-likeness (QED) is 0.868. The van der Waals surface area contributed by atoms with Crippen molar-refractivity contribution in [1.82, 2.24) is 5.32 Å². The summed E-state index contributed by atoms with van der Waals surface area (Å²) in [5, 5.41) is 2.94. The Kier molecular flexibility index (Phi) is 5.56. The summed E-state index contributed by atoms with van der Waals surface area (Å²) in [6, 6.07) is 14.8. The Bertz CT molecular complexity index is 786. The van der Waals surface area contributed by atoms with Gasteiger partial charge in [-0.2, -0.15) is 0 Å². The van der Waals surface area contributed by atoms with Crippen LogP contribution in [0.2, 0.25) is 0 Å². The van der Waals surface area contributed by atoms with Crippen LogP contribution in [-0.4, -0.2) is 31.0 Å². The molecule has 1 aliphatic heterocycles. The number of nitrogens with zero attached hydrogens (tertiary/aromatic N) is 1. The molecular weight excluding hydrogens is 328 g/mol. The van der Waals surface area contributed by atoms with Crippen molar-refractivity contribution in [3.63, 3.8) is 0 Å². The van der Waals surface area contributed by atoms with Crippen molar-refractivity contribution in [2.75, 3.05) is 18.1 Å². The molecule has 3 rings (SSSR count).